The van der Waals surface area contributed by atoms with Crippen LogP contribution in [0.1, 0.15) is 66.0 Å². The van der Waals surface area contributed by atoms with E-state index in [0.717, 1.165) is 0 Å². The zero-order valence-electron chi connectivity index (χ0n) is 18.8. The van der Waals surface area contributed by atoms with Gasteiger partial charge in [-0.25, -0.2) is 13.6 Å². The number of halogens is 2. The fourth-order valence-electron chi connectivity index (χ4n) is 2.94. The van der Waals surface area contributed by atoms with Crippen molar-refractivity contribution in [2.24, 2.45) is 10.3 Å². The van der Waals surface area contributed by atoms with E-state index in [9.17, 15) is 18.1 Å². The molecule has 0 saturated carbocycles. The minimum atomic E-state index is -3.04. The average Bonchev–Trinajstić information content (AvgIpc) is 2.55. The molecule has 1 heterocycles. The van der Waals surface area contributed by atoms with Gasteiger partial charge in [-0.3, -0.25) is 0 Å². The van der Waals surface area contributed by atoms with Crippen molar-refractivity contribution in [3.05, 3.63) is 35.4 Å². The summed E-state index contributed by atoms with van der Waals surface area (Å²) in [6, 6.07) is 6.04. The van der Waals surface area contributed by atoms with Crippen molar-refractivity contribution < 1.29 is 22.9 Å². The predicted molar refractivity (Wildman–Crippen MR) is 116 cm³/mol. The summed E-state index contributed by atoms with van der Waals surface area (Å²) in [4.78, 5) is 13.4. The van der Waals surface area contributed by atoms with Gasteiger partial charge in [0.15, 0.2) is 0 Å². The van der Waals surface area contributed by atoms with Gasteiger partial charge in [0.05, 0.1) is 5.71 Å². The maximum absolute atomic E-state index is 14.9. The third-order valence-electron chi connectivity index (χ3n) is 4.60. The van der Waals surface area contributed by atoms with E-state index in [1.807, 2.05) is 20.8 Å². The molecule has 1 saturated heterocycles. The van der Waals surface area contributed by atoms with Gasteiger partial charge in [-0.15, -0.1) is 0 Å². The van der Waals surface area contributed by atoms with Crippen LogP contribution in [-0.4, -0.2) is 44.7 Å². The lowest BCUT2D eigenvalue weighted by atomic mass is 9.89. The topological polar surface area (TPSA) is 65.0 Å². The highest BCUT2D eigenvalue weighted by molar-refractivity contribution is 7.91. The number of benzene rings is 1. The Bertz CT molecular complexity index is 794. The van der Waals surface area contributed by atoms with Gasteiger partial charge >= 0.3 is 6.09 Å². The van der Waals surface area contributed by atoms with Gasteiger partial charge in [0.25, 0.3) is 5.92 Å². The number of ether oxygens (including phenoxy) is 1. The van der Waals surface area contributed by atoms with Gasteiger partial charge in [-0.05, 0) is 54.5 Å². The van der Waals surface area contributed by atoms with Crippen LogP contribution in [0.4, 0.5) is 13.6 Å². The third kappa shape index (κ3) is 6.67. The Labute approximate surface area is 181 Å². The van der Waals surface area contributed by atoms with Gasteiger partial charge in [0.2, 0.25) is 0 Å². The van der Waals surface area contributed by atoms with Crippen molar-refractivity contribution in [3.8, 4) is 0 Å². The van der Waals surface area contributed by atoms with Gasteiger partial charge < -0.3 is 14.2 Å². The van der Waals surface area contributed by atoms with Crippen LogP contribution in [0, 0.1) is 5.92 Å². The molecule has 0 radical (unpaired) electrons. The second-order valence-electron chi connectivity index (χ2n) is 9.78. The first-order chi connectivity index (χ1) is 13.6. The number of carbonyl (C=O) groups excluding carboxylic acids is 1. The lowest BCUT2D eigenvalue weighted by Crippen LogP contribution is -2.52. The fraction of sp³-hybridized carbons (Fsp3) is 0.636. The Morgan fingerprint density at radius 2 is 1.83 bits per heavy atom. The minimum absolute atomic E-state index is 0.105. The van der Waals surface area contributed by atoms with Crippen LogP contribution in [0.15, 0.2) is 28.7 Å². The number of likely N-dealkylation sites (tertiary alicyclic amines) is 1. The fourth-order valence-corrected chi connectivity index (χ4v) is 3.57. The van der Waals surface area contributed by atoms with Gasteiger partial charge in [-0.2, -0.15) is 0 Å². The molecule has 0 bridgehead atoms. The highest BCUT2D eigenvalue weighted by Crippen LogP contribution is 2.38. The number of hydrogen-bond acceptors (Lipinski definition) is 4. The first kappa shape index (κ1) is 24.6. The summed E-state index contributed by atoms with van der Waals surface area (Å²) in [6.45, 7) is 12.9. The molecule has 1 unspecified atom stereocenters. The second kappa shape index (κ2) is 8.83. The molecule has 1 aliphatic rings. The minimum Gasteiger partial charge on any atom is -0.591 e. The summed E-state index contributed by atoms with van der Waals surface area (Å²) < 4.78 is 50.9. The standard InChI is InChI=1S/C22H32F2N2O3S/c1-15(25-30(28)21(5,6)7)17-9-8-10-18(11-17)22(23,24)12-16-13-26(14-16)19(27)29-20(2,3)4/h8-11,16H,12-14H2,1-7H3. The lowest BCUT2D eigenvalue weighted by Gasteiger charge is -2.41. The van der Waals surface area contributed by atoms with Crippen LogP contribution in [-0.2, 0) is 22.0 Å². The van der Waals surface area contributed by atoms with Crippen LogP contribution >= 0.6 is 0 Å². The number of rotatable bonds is 5. The summed E-state index contributed by atoms with van der Waals surface area (Å²) in [5.74, 6) is -3.33. The number of carbonyl (C=O) groups is 1. The first-order valence-electron chi connectivity index (χ1n) is 10.0. The molecule has 1 aromatic rings. The monoisotopic (exact) mass is 442 g/mol. The maximum Gasteiger partial charge on any atom is 0.410 e. The molecule has 168 valence electrons. The van der Waals surface area contributed by atoms with E-state index in [-0.39, 0.29) is 31.0 Å². The molecule has 0 N–H and O–H groups in total. The molecule has 2 rings (SSSR count). The van der Waals surface area contributed by atoms with Crippen molar-refractivity contribution in [1.82, 2.24) is 4.90 Å². The molecule has 1 amide bonds. The summed E-state index contributed by atoms with van der Waals surface area (Å²) in [5.41, 5.74) is 0.268. The molecule has 0 aromatic heterocycles. The zero-order valence-corrected chi connectivity index (χ0v) is 19.6. The highest BCUT2D eigenvalue weighted by Gasteiger charge is 2.42. The SMILES string of the molecule is CC(=N[S+]([O-])C(C)(C)C)c1cccc(C(F)(F)CC2CN(C(=O)OC(C)(C)C)C2)c1. The maximum atomic E-state index is 14.9. The number of amides is 1. The van der Waals surface area contributed by atoms with E-state index in [1.165, 1.54) is 17.0 Å². The Morgan fingerprint density at radius 1 is 1.23 bits per heavy atom. The molecule has 5 nitrogen and oxygen atoms in total. The van der Waals surface area contributed by atoms with E-state index in [0.29, 0.717) is 11.3 Å². The molecule has 1 fully saturated rings. The van der Waals surface area contributed by atoms with E-state index < -0.39 is 33.7 Å². The number of hydrogen-bond donors (Lipinski definition) is 0. The zero-order chi connectivity index (χ0) is 22.9. The third-order valence-corrected chi connectivity index (χ3v) is 6.09. The Hall–Kier alpha value is -1.67. The van der Waals surface area contributed by atoms with E-state index >= 15 is 0 Å². The molecule has 30 heavy (non-hydrogen) atoms. The molecule has 0 aliphatic carbocycles. The van der Waals surface area contributed by atoms with Crippen molar-refractivity contribution in [3.63, 3.8) is 0 Å². The Kier molecular flexibility index (Phi) is 7.24. The smallest absolute Gasteiger partial charge is 0.410 e. The summed E-state index contributed by atoms with van der Waals surface area (Å²) in [5, 5.41) is 0. The van der Waals surface area contributed by atoms with Gasteiger partial charge in [-0.1, -0.05) is 22.6 Å². The van der Waals surface area contributed by atoms with Crippen molar-refractivity contribution in [1.29, 1.82) is 0 Å². The van der Waals surface area contributed by atoms with Crippen LogP contribution in [0.5, 0.6) is 0 Å². The molecule has 1 aromatic carbocycles. The van der Waals surface area contributed by atoms with Crippen molar-refractivity contribution in [2.75, 3.05) is 13.1 Å². The summed E-state index contributed by atoms with van der Waals surface area (Å²) >= 11 is -1.46. The Balaban J connectivity index is 2.03. The van der Waals surface area contributed by atoms with Crippen molar-refractivity contribution >= 4 is 23.2 Å². The molecule has 1 aliphatic heterocycles. The highest BCUT2D eigenvalue weighted by atomic mass is 32.2. The Morgan fingerprint density at radius 3 is 2.37 bits per heavy atom. The summed E-state index contributed by atoms with van der Waals surface area (Å²) in [7, 11) is 0. The van der Waals surface area contributed by atoms with E-state index in [1.54, 1.807) is 39.8 Å². The average molecular weight is 443 g/mol. The summed E-state index contributed by atoms with van der Waals surface area (Å²) in [6.07, 6.45) is -0.817. The normalized spacial score (nSPS) is 17.5. The largest absolute Gasteiger partial charge is 0.591 e. The predicted octanol–water partition coefficient (Wildman–Crippen LogP) is 5.31. The number of nitrogens with zero attached hydrogens (tertiary/aromatic N) is 2. The number of alkyl halides is 2. The van der Waals surface area contributed by atoms with Gasteiger partial charge in [0.1, 0.15) is 21.7 Å². The molecule has 1 atom stereocenters. The van der Waals surface area contributed by atoms with Crippen LogP contribution in [0.25, 0.3) is 0 Å². The van der Waals surface area contributed by atoms with Crippen LogP contribution in [0.3, 0.4) is 0 Å². The van der Waals surface area contributed by atoms with Gasteiger partial charge in [0, 0.05) is 36.6 Å². The van der Waals surface area contributed by atoms with E-state index in [2.05, 4.69) is 4.40 Å². The first-order valence-corrected chi connectivity index (χ1v) is 11.1. The molecular weight excluding hydrogens is 410 g/mol. The molecular formula is C22H32F2N2O3S. The second-order valence-corrected chi connectivity index (χ2v) is 11.7. The van der Waals surface area contributed by atoms with Crippen molar-refractivity contribution in [2.45, 2.75) is 71.2 Å². The molecule has 0 spiro atoms. The quantitative estimate of drug-likeness (QED) is 0.459. The van der Waals surface area contributed by atoms with E-state index in [4.69, 9.17) is 4.74 Å². The van der Waals surface area contributed by atoms with Crippen LogP contribution < -0.4 is 0 Å². The molecule has 8 heteroatoms. The lowest BCUT2D eigenvalue weighted by molar-refractivity contribution is -0.0612. The van der Waals surface area contributed by atoms with Crippen LogP contribution in [0.2, 0.25) is 0 Å².